The first-order valence-corrected chi connectivity index (χ1v) is 10.5. The zero-order valence-corrected chi connectivity index (χ0v) is 17.8. The summed E-state index contributed by atoms with van der Waals surface area (Å²) in [5.41, 5.74) is 0.350. The topological polar surface area (TPSA) is 142 Å². The van der Waals surface area contributed by atoms with Crippen LogP contribution in [0.15, 0.2) is 18.2 Å². The molecule has 1 saturated heterocycles. The number of carbonyl (C=O) groups excluding carboxylic acids is 6. The van der Waals surface area contributed by atoms with Crippen LogP contribution in [-0.4, -0.2) is 65.7 Å². The van der Waals surface area contributed by atoms with Crippen molar-refractivity contribution in [1.29, 1.82) is 0 Å². The molecule has 0 saturated carbocycles. The highest BCUT2D eigenvalue weighted by Crippen LogP contribution is 2.30. The molecule has 2 aliphatic heterocycles. The zero-order valence-electron chi connectivity index (χ0n) is 17.8. The van der Waals surface area contributed by atoms with Gasteiger partial charge >= 0.3 is 12.1 Å². The van der Waals surface area contributed by atoms with Crippen molar-refractivity contribution in [2.24, 2.45) is 0 Å². The molecule has 0 bridgehead atoms. The SMILES string of the molecule is O=C(Cc1cccc2c1C(=O)N(C1CCC(=O)NC1=O)C2=O)NCCCCNC(=O)C(F)(F)F. The summed E-state index contributed by atoms with van der Waals surface area (Å²) in [5.74, 6) is -5.14. The molecule has 3 N–H and O–H groups in total. The molecular formula is C21H21F3N4O6. The molecular weight excluding hydrogens is 461 g/mol. The number of fused-ring (bicyclic) bond motifs is 1. The highest BCUT2D eigenvalue weighted by molar-refractivity contribution is 6.24. The van der Waals surface area contributed by atoms with E-state index in [9.17, 15) is 41.9 Å². The number of hydrogen-bond acceptors (Lipinski definition) is 6. The maximum absolute atomic E-state index is 13.0. The summed E-state index contributed by atoms with van der Waals surface area (Å²) in [6.45, 7) is -0.0712. The molecule has 2 aliphatic rings. The normalized spacial score (nSPS) is 18.0. The number of unbranched alkanes of at least 4 members (excludes halogenated alkanes) is 1. The lowest BCUT2D eigenvalue weighted by atomic mass is 10.00. The number of piperidine rings is 1. The summed E-state index contributed by atoms with van der Waals surface area (Å²) in [6, 6.07) is 3.30. The molecule has 3 rings (SSSR count). The van der Waals surface area contributed by atoms with Crippen molar-refractivity contribution in [2.45, 2.75) is 44.3 Å². The van der Waals surface area contributed by atoms with Gasteiger partial charge in [0.15, 0.2) is 0 Å². The molecule has 34 heavy (non-hydrogen) atoms. The average Bonchev–Trinajstić information content (AvgIpc) is 3.01. The van der Waals surface area contributed by atoms with Gasteiger partial charge in [-0.3, -0.25) is 39.0 Å². The molecule has 2 heterocycles. The minimum absolute atomic E-state index is 0.00931. The molecule has 0 aromatic heterocycles. The van der Waals surface area contributed by atoms with E-state index >= 15 is 0 Å². The molecule has 182 valence electrons. The van der Waals surface area contributed by atoms with Crippen LogP contribution in [0, 0.1) is 0 Å². The van der Waals surface area contributed by atoms with Gasteiger partial charge in [-0.1, -0.05) is 12.1 Å². The minimum Gasteiger partial charge on any atom is -0.356 e. The average molecular weight is 482 g/mol. The van der Waals surface area contributed by atoms with Crippen molar-refractivity contribution in [2.75, 3.05) is 13.1 Å². The first kappa shape index (κ1) is 24.9. The lowest BCUT2D eigenvalue weighted by Crippen LogP contribution is -2.54. The van der Waals surface area contributed by atoms with E-state index in [0.717, 1.165) is 4.90 Å². The quantitative estimate of drug-likeness (QED) is 0.357. The van der Waals surface area contributed by atoms with Crippen LogP contribution in [0.4, 0.5) is 13.2 Å². The van der Waals surface area contributed by atoms with Gasteiger partial charge in [0.2, 0.25) is 17.7 Å². The molecule has 6 amide bonds. The number of nitrogens with zero attached hydrogens (tertiary/aromatic N) is 1. The number of benzene rings is 1. The van der Waals surface area contributed by atoms with Crippen LogP contribution in [-0.2, 0) is 25.6 Å². The van der Waals surface area contributed by atoms with Crippen molar-refractivity contribution in [3.05, 3.63) is 34.9 Å². The Morgan fingerprint density at radius 1 is 1.03 bits per heavy atom. The Hall–Kier alpha value is -3.77. The highest BCUT2D eigenvalue weighted by atomic mass is 19.4. The molecule has 1 fully saturated rings. The standard InChI is InChI=1S/C21H21F3N4O6/c22-21(23,24)20(34)26-9-2-1-8-25-15(30)10-11-4-3-5-12-16(11)19(33)28(18(12)32)13-6-7-14(29)27-17(13)31/h3-5,13H,1-2,6-10H2,(H,25,30)(H,26,34)(H,27,29,31). The van der Waals surface area contributed by atoms with E-state index in [1.54, 1.807) is 5.32 Å². The van der Waals surface area contributed by atoms with Crippen molar-refractivity contribution in [3.8, 4) is 0 Å². The third-order valence-corrected chi connectivity index (χ3v) is 5.37. The molecule has 0 aliphatic carbocycles. The maximum atomic E-state index is 13.0. The van der Waals surface area contributed by atoms with Gasteiger partial charge in [0, 0.05) is 19.5 Å². The Bertz CT molecular complexity index is 1060. The lowest BCUT2D eigenvalue weighted by Gasteiger charge is -2.27. The first-order valence-electron chi connectivity index (χ1n) is 10.5. The number of amides is 6. The summed E-state index contributed by atoms with van der Waals surface area (Å²) in [6.07, 6.45) is -4.69. The van der Waals surface area contributed by atoms with Crippen LogP contribution in [0.2, 0.25) is 0 Å². The number of halogens is 3. The highest BCUT2D eigenvalue weighted by Gasteiger charge is 2.45. The fraction of sp³-hybridized carbons (Fsp3) is 0.429. The first-order chi connectivity index (χ1) is 16.0. The van der Waals surface area contributed by atoms with Crippen LogP contribution in [0.25, 0.3) is 0 Å². The van der Waals surface area contributed by atoms with E-state index in [-0.39, 0.29) is 55.5 Å². The Kier molecular flexibility index (Phi) is 7.32. The van der Waals surface area contributed by atoms with Gasteiger partial charge in [0.05, 0.1) is 17.5 Å². The molecule has 0 spiro atoms. The number of imide groups is 2. The Morgan fingerprint density at radius 3 is 2.35 bits per heavy atom. The molecule has 1 aromatic carbocycles. The van der Waals surface area contributed by atoms with Gasteiger partial charge in [0.25, 0.3) is 11.8 Å². The van der Waals surface area contributed by atoms with E-state index in [2.05, 4.69) is 10.6 Å². The van der Waals surface area contributed by atoms with Crippen LogP contribution < -0.4 is 16.0 Å². The number of hydrogen-bond donors (Lipinski definition) is 3. The van der Waals surface area contributed by atoms with Crippen molar-refractivity contribution >= 4 is 35.4 Å². The van der Waals surface area contributed by atoms with Crippen LogP contribution >= 0.6 is 0 Å². The van der Waals surface area contributed by atoms with Crippen LogP contribution in [0.5, 0.6) is 0 Å². The molecule has 1 atom stereocenters. The second-order valence-electron chi connectivity index (χ2n) is 7.77. The lowest BCUT2D eigenvalue weighted by molar-refractivity contribution is -0.173. The van der Waals surface area contributed by atoms with Gasteiger partial charge in [-0.25, -0.2) is 0 Å². The monoisotopic (exact) mass is 482 g/mol. The number of nitrogens with one attached hydrogen (secondary N) is 3. The number of carbonyl (C=O) groups is 6. The molecule has 13 heteroatoms. The summed E-state index contributed by atoms with van der Waals surface area (Å²) in [7, 11) is 0. The second kappa shape index (κ2) is 10.0. The number of alkyl halides is 3. The zero-order chi connectivity index (χ0) is 25.0. The minimum atomic E-state index is -4.95. The van der Waals surface area contributed by atoms with E-state index in [4.69, 9.17) is 0 Å². The fourth-order valence-corrected chi connectivity index (χ4v) is 3.75. The third-order valence-electron chi connectivity index (χ3n) is 5.37. The largest absolute Gasteiger partial charge is 0.471 e. The van der Waals surface area contributed by atoms with E-state index in [1.165, 1.54) is 18.2 Å². The molecule has 1 unspecified atom stereocenters. The van der Waals surface area contributed by atoms with Crippen molar-refractivity contribution < 1.29 is 41.9 Å². The smallest absolute Gasteiger partial charge is 0.356 e. The molecule has 0 radical (unpaired) electrons. The van der Waals surface area contributed by atoms with Crippen LogP contribution in [0.1, 0.15) is 52.0 Å². The number of rotatable bonds is 8. The van der Waals surface area contributed by atoms with E-state index in [1.807, 2.05) is 0 Å². The van der Waals surface area contributed by atoms with Gasteiger partial charge < -0.3 is 10.6 Å². The predicted octanol–water partition coefficient (Wildman–Crippen LogP) is 0.205. The summed E-state index contributed by atoms with van der Waals surface area (Å²) >= 11 is 0. The van der Waals surface area contributed by atoms with E-state index in [0.29, 0.717) is 6.42 Å². The van der Waals surface area contributed by atoms with Crippen molar-refractivity contribution in [1.82, 2.24) is 20.9 Å². The Balaban J connectivity index is 1.55. The van der Waals surface area contributed by atoms with Crippen molar-refractivity contribution in [3.63, 3.8) is 0 Å². The van der Waals surface area contributed by atoms with Crippen LogP contribution in [0.3, 0.4) is 0 Å². The Morgan fingerprint density at radius 2 is 1.71 bits per heavy atom. The van der Waals surface area contributed by atoms with Gasteiger partial charge in [-0.2, -0.15) is 13.2 Å². The maximum Gasteiger partial charge on any atom is 0.471 e. The Labute approximate surface area is 191 Å². The fourth-order valence-electron chi connectivity index (χ4n) is 3.75. The molecule has 10 nitrogen and oxygen atoms in total. The third kappa shape index (κ3) is 5.41. The summed E-state index contributed by atoms with van der Waals surface area (Å²) in [5, 5.41) is 6.40. The second-order valence-corrected chi connectivity index (χ2v) is 7.77. The summed E-state index contributed by atoms with van der Waals surface area (Å²) in [4.78, 5) is 73.1. The van der Waals surface area contributed by atoms with Gasteiger partial charge in [-0.05, 0) is 30.9 Å². The molecule has 1 aromatic rings. The van der Waals surface area contributed by atoms with Gasteiger partial charge in [-0.15, -0.1) is 0 Å². The van der Waals surface area contributed by atoms with E-state index < -0.39 is 47.7 Å². The predicted molar refractivity (Wildman–Crippen MR) is 108 cm³/mol. The van der Waals surface area contributed by atoms with Gasteiger partial charge in [0.1, 0.15) is 6.04 Å². The summed E-state index contributed by atoms with van der Waals surface area (Å²) < 4.78 is 36.3.